The summed E-state index contributed by atoms with van der Waals surface area (Å²) in [5, 5.41) is 12.8. The number of fused-ring (bicyclic) bond motifs is 1. The SMILES string of the molecule is [2H]C(C)(C)c1cc(-c2ccccc2)c(-n2c(-c3cc(C(C)(C)C)cc(C(C)(C)C)c3O)nc3c(-c4[c-]c(-c5cc(-c6ccc(C(C([2H])([2H])[2H])(C([2H])([2H])[2H])C([2H])([2H])[2H])cc6)ccn5)cc(C(C)(C)C)c4)cccc32)cc1-c1ccccc1.[Pt]. The fraction of sp³-hybridized carbons (Fsp3) is 0.284. The number of para-hydroxylation sites is 1. The monoisotopic (exact) mass is 1140 g/mol. The van der Waals surface area contributed by atoms with Gasteiger partial charge in [0.15, 0.2) is 0 Å². The van der Waals surface area contributed by atoms with Gasteiger partial charge in [-0.2, -0.15) is 0 Å². The molecule has 0 aliphatic carbocycles. The van der Waals surface area contributed by atoms with Crippen molar-refractivity contribution >= 4 is 11.0 Å². The maximum Gasteiger partial charge on any atom is 0.148 e. The molecule has 0 amide bonds. The van der Waals surface area contributed by atoms with E-state index in [0.717, 1.165) is 66.8 Å². The van der Waals surface area contributed by atoms with E-state index in [2.05, 4.69) is 140 Å². The summed E-state index contributed by atoms with van der Waals surface area (Å²) in [4.78, 5) is 10.5. The number of phenols is 1. The van der Waals surface area contributed by atoms with Crippen LogP contribution in [0.25, 0.3) is 83.9 Å². The molecule has 1 N–H and O–H groups in total. The van der Waals surface area contributed by atoms with Gasteiger partial charge in [0.05, 0.1) is 22.3 Å². The third-order valence-corrected chi connectivity index (χ3v) is 13.5. The molecule has 2 aromatic heterocycles. The molecule has 0 fully saturated rings. The second kappa shape index (κ2) is 19.6. The molecule has 0 unspecified atom stereocenters. The molecule has 370 valence electrons. The van der Waals surface area contributed by atoms with Crippen molar-refractivity contribution in [3.8, 4) is 78.6 Å². The van der Waals surface area contributed by atoms with E-state index in [-0.39, 0.29) is 43.2 Å². The number of aromatic hydroxyl groups is 1. The summed E-state index contributed by atoms with van der Waals surface area (Å²) in [6.45, 7) is 12.9. The van der Waals surface area contributed by atoms with E-state index in [1.165, 1.54) is 12.1 Å². The van der Waals surface area contributed by atoms with Gasteiger partial charge in [0.25, 0.3) is 0 Å². The van der Waals surface area contributed by atoms with Crippen LogP contribution >= 0.6 is 0 Å². The first-order valence-corrected chi connectivity index (χ1v) is 24.4. The van der Waals surface area contributed by atoms with Crippen LogP contribution in [0.3, 0.4) is 0 Å². The zero-order valence-corrected chi connectivity index (χ0v) is 45.4. The third kappa shape index (κ3) is 10.3. The van der Waals surface area contributed by atoms with Crippen LogP contribution in [0.15, 0.2) is 158 Å². The minimum absolute atomic E-state index is 0. The molecule has 0 spiro atoms. The Kier molecular flexibility index (Phi) is 10.9. The van der Waals surface area contributed by atoms with Gasteiger partial charge in [0.2, 0.25) is 0 Å². The van der Waals surface area contributed by atoms with Crippen LogP contribution in [0.4, 0.5) is 0 Å². The topological polar surface area (TPSA) is 50.9 Å². The first-order valence-electron chi connectivity index (χ1n) is 29.4. The standard InChI is InChI=1S/C67H70N3O.Pt/c1-42(2)53-40-55(45-24-19-16-20-25-45)60(41-54(53)44-22-17-15-18-23-44)70-59-27-21-26-52(61(59)69-63(70)56-38-51(66(9,10)11)39-57(62(56)71)67(12,13)14)47-34-48(36-50(35-47)65(6,7)8)58-37-46(32-33-68-58)43-28-30-49(31-29-43)64(3,4)5;/h15-33,35-42,71H,1-14H3;/q-1;/i3D3,4D3,5D3,42D;. The van der Waals surface area contributed by atoms with E-state index in [4.69, 9.17) is 22.3 Å². The molecule has 4 nitrogen and oxygen atoms in total. The Hall–Kier alpha value is -6.35. The predicted octanol–water partition coefficient (Wildman–Crippen LogP) is 18.2. The zero-order valence-electron chi connectivity index (χ0n) is 53.1. The average molecular weight is 1140 g/mol. The Morgan fingerprint density at radius 3 is 1.75 bits per heavy atom. The van der Waals surface area contributed by atoms with Crippen LogP contribution < -0.4 is 0 Å². The summed E-state index contributed by atoms with van der Waals surface area (Å²) in [5.41, 5.74) is 9.64. The number of hydrogen-bond donors (Lipinski definition) is 1. The first-order chi connectivity index (χ1) is 37.5. The Bertz CT molecular complexity index is 3780. The average Bonchev–Trinajstić information content (AvgIpc) is 1.22. The van der Waals surface area contributed by atoms with Crippen molar-refractivity contribution in [3.63, 3.8) is 0 Å². The number of hydrogen-bond acceptors (Lipinski definition) is 3. The predicted molar refractivity (Wildman–Crippen MR) is 301 cm³/mol. The number of nitrogens with zero attached hydrogens (tertiary/aromatic N) is 3. The minimum atomic E-state index is -3.39. The van der Waals surface area contributed by atoms with Crippen molar-refractivity contribution in [2.75, 3.05) is 0 Å². The third-order valence-electron chi connectivity index (χ3n) is 13.5. The van der Waals surface area contributed by atoms with E-state index in [1.54, 1.807) is 24.4 Å². The number of aromatic nitrogens is 3. The van der Waals surface area contributed by atoms with Gasteiger partial charge in [-0.15, -0.1) is 29.3 Å². The molecule has 9 aromatic rings. The van der Waals surface area contributed by atoms with Gasteiger partial charge >= 0.3 is 0 Å². The van der Waals surface area contributed by atoms with Crippen molar-refractivity contribution in [3.05, 3.63) is 192 Å². The van der Waals surface area contributed by atoms with Crippen molar-refractivity contribution in [1.82, 2.24) is 14.5 Å². The van der Waals surface area contributed by atoms with E-state index in [9.17, 15) is 6.48 Å². The molecule has 0 radical (unpaired) electrons. The van der Waals surface area contributed by atoms with Crippen molar-refractivity contribution in [2.45, 2.75) is 124 Å². The maximum absolute atomic E-state index is 12.8. The molecule has 0 aliphatic rings. The number of imidazole rings is 1. The van der Waals surface area contributed by atoms with Gasteiger partial charge in [0.1, 0.15) is 11.6 Å². The first kappa shape index (κ1) is 40.2. The van der Waals surface area contributed by atoms with Crippen molar-refractivity contribution < 1.29 is 39.9 Å². The molecular formula is C67H70N3OPt-. The van der Waals surface area contributed by atoms with Gasteiger partial charge in [-0.3, -0.25) is 9.55 Å². The van der Waals surface area contributed by atoms with Crippen LogP contribution in [0.1, 0.15) is 144 Å². The van der Waals surface area contributed by atoms with E-state index >= 15 is 0 Å². The molecular weight excluding hydrogens is 1060 g/mol. The van der Waals surface area contributed by atoms with Crippen LogP contribution in [-0.4, -0.2) is 19.6 Å². The Labute approximate surface area is 458 Å². The Morgan fingerprint density at radius 2 is 1.15 bits per heavy atom. The molecule has 9 rings (SSSR count). The molecule has 0 saturated heterocycles. The molecule has 0 bridgehead atoms. The smallest absolute Gasteiger partial charge is 0.148 e. The second-order valence-corrected chi connectivity index (χ2v) is 22.2. The Morgan fingerprint density at radius 1 is 0.542 bits per heavy atom. The van der Waals surface area contributed by atoms with Gasteiger partial charge in [0, 0.05) is 57.8 Å². The number of phenolic OH excluding ortho intramolecular Hbond substituents is 1. The normalized spacial score (nSPS) is 15.1. The minimum Gasteiger partial charge on any atom is -0.507 e. The van der Waals surface area contributed by atoms with Crippen LogP contribution in [-0.2, 0) is 42.7 Å². The van der Waals surface area contributed by atoms with E-state index in [1.807, 2.05) is 68.4 Å². The number of benzene rings is 7. The largest absolute Gasteiger partial charge is 0.507 e. The fourth-order valence-corrected chi connectivity index (χ4v) is 9.40. The van der Waals surface area contributed by atoms with Gasteiger partial charge in [-0.25, -0.2) is 4.98 Å². The van der Waals surface area contributed by atoms with Crippen LogP contribution in [0.5, 0.6) is 5.75 Å². The summed E-state index contributed by atoms with van der Waals surface area (Å²) in [6.07, 6.45) is 1.66. The van der Waals surface area contributed by atoms with Crippen LogP contribution in [0.2, 0.25) is 0 Å². The Balaban J connectivity index is 0.00000880. The van der Waals surface area contributed by atoms with Gasteiger partial charge in [-0.05, 0) is 102 Å². The van der Waals surface area contributed by atoms with Crippen molar-refractivity contribution in [1.29, 1.82) is 0 Å². The molecule has 7 aromatic carbocycles. The van der Waals surface area contributed by atoms with Crippen molar-refractivity contribution in [2.24, 2.45) is 0 Å². The van der Waals surface area contributed by atoms with E-state index in [0.29, 0.717) is 39.3 Å². The molecule has 0 aliphatic heterocycles. The zero-order chi connectivity index (χ0) is 59.2. The summed E-state index contributed by atoms with van der Waals surface area (Å²) in [7, 11) is 0. The fourth-order valence-electron chi connectivity index (χ4n) is 9.40. The quantitative estimate of drug-likeness (QED) is 0.154. The molecule has 0 saturated carbocycles. The van der Waals surface area contributed by atoms with Crippen LogP contribution in [0, 0.1) is 6.07 Å². The molecule has 0 atom stereocenters. The summed E-state index contributed by atoms with van der Waals surface area (Å²) in [6, 6.07) is 52.3. The number of pyridine rings is 1. The molecule has 2 heterocycles. The molecule has 5 heteroatoms. The summed E-state index contributed by atoms with van der Waals surface area (Å²) < 4.78 is 86.0. The van der Waals surface area contributed by atoms with Gasteiger partial charge < -0.3 is 5.11 Å². The molecule has 72 heavy (non-hydrogen) atoms. The maximum atomic E-state index is 12.8. The summed E-state index contributed by atoms with van der Waals surface area (Å²) >= 11 is 0. The number of rotatable bonds is 8. The summed E-state index contributed by atoms with van der Waals surface area (Å²) in [5.74, 6) is -0.331. The van der Waals surface area contributed by atoms with Gasteiger partial charge in [-0.1, -0.05) is 217 Å². The van der Waals surface area contributed by atoms with E-state index < -0.39 is 37.3 Å². The second-order valence-electron chi connectivity index (χ2n) is 22.2.